The van der Waals surface area contributed by atoms with Gasteiger partial charge in [0, 0.05) is 31.9 Å². The van der Waals surface area contributed by atoms with Gasteiger partial charge in [0.2, 0.25) is 0 Å². The molecule has 5 nitrogen and oxygen atoms in total. The van der Waals surface area contributed by atoms with E-state index in [9.17, 15) is 4.79 Å². The number of aryl methyl sites for hydroxylation is 1. The van der Waals surface area contributed by atoms with E-state index in [1.807, 2.05) is 20.3 Å². The fraction of sp³-hybridized carbons (Fsp3) is 0.750. The third-order valence-corrected chi connectivity index (χ3v) is 4.51. The molecule has 0 saturated heterocycles. The maximum Gasteiger partial charge on any atom is 0.317 e. The lowest BCUT2D eigenvalue weighted by molar-refractivity contribution is 0.173. The highest BCUT2D eigenvalue weighted by atomic mass is 16.2. The third kappa shape index (κ3) is 4.22. The van der Waals surface area contributed by atoms with Crippen LogP contribution >= 0.6 is 0 Å². The smallest absolute Gasteiger partial charge is 0.317 e. The normalized spacial score (nSPS) is 22.3. The minimum atomic E-state index is 0.0244. The number of carbonyl (C=O) groups excluding carboxylic acids is 1. The highest BCUT2D eigenvalue weighted by molar-refractivity contribution is 5.74. The van der Waals surface area contributed by atoms with E-state index in [4.69, 9.17) is 0 Å². The number of hydrogen-bond donors (Lipinski definition) is 1. The lowest BCUT2D eigenvalue weighted by Crippen LogP contribution is -2.48. The second-order valence-corrected chi connectivity index (χ2v) is 6.63. The zero-order valence-electron chi connectivity index (χ0n) is 13.7. The molecule has 1 saturated carbocycles. The predicted octanol–water partition coefficient (Wildman–Crippen LogP) is 2.78. The Labute approximate surface area is 127 Å². The van der Waals surface area contributed by atoms with Crippen molar-refractivity contribution < 1.29 is 4.79 Å². The Balaban J connectivity index is 1.90. The number of urea groups is 1. The molecular weight excluding hydrogens is 264 g/mol. The molecule has 1 aromatic heterocycles. The summed E-state index contributed by atoms with van der Waals surface area (Å²) in [5.41, 5.74) is 1.05. The molecular formula is C16H28N4O. The van der Waals surface area contributed by atoms with Gasteiger partial charge < -0.3 is 10.2 Å². The summed E-state index contributed by atoms with van der Waals surface area (Å²) in [6, 6.07) is 0.346. The molecule has 5 heteroatoms. The molecule has 0 spiro atoms. The number of hydrogen-bond acceptors (Lipinski definition) is 2. The van der Waals surface area contributed by atoms with Gasteiger partial charge >= 0.3 is 6.03 Å². The van der Waals surface area contributed by atoms with E-state index in [1.54, 1.807) is 15.8 Å². The number of aromatic nitrogens is 2. The quantitative estimate of drug-likeness (QED) is 0.927. The monoisotopic (exact) mass is 292 g/mol. The summed E-state index contributed by atoms with van der Waals surface area (Å²) in [7, 11) is 3.73. The van der Waals surface area contributed by atoms with Crippen LogP contribution in [0.15, 0.2) is 12.4 Å². The largest absolute Gasteiger partial charge is 0.335 e. The number of carbonyl (C=O) groups is 1. The Morgan fingerprint density at radius 1 is 1.48 bits per heavy atom. The summed E-state index contributed by atoms with van der Waals surface area (Å²) in [5.74, 6) is 1.23. The molecule has 118 valence electrons. The summed E-state index contributed by atoms with van der Waals surface area (Å²) in [5, 5.41) is 7.38. The maximum atomic E-state index is 12.4. The van der Waals surface area contributed by atoms with Crippen LogP contribution in [0.2, 0.25) is 0 Å². The van der Waals surface area contributed by atoms with Gasteiger partial charge in [-0.3, -0.25) is 4.68 Å². The Morgan fingerprint density at radius 2 is 2.19 bits per heavy atom. The first-order valence-electron chi connectivity index (χ1n) is 7.96. The van der Waals surface area contributed by atoms with Crippen LogP contribution in [-0.2, 0) is 13.6 Å². The summed E-state index contributed by atoms with van der Waals surface area (Å²) in [6.07, 6.45) is 8.61. The number of nitrogens with zero attached hydrogens (tertiary/aromatic N) is 3. The number of nitrogens with one attached hydrogen (secondary N) is 1. The minimum Gasteiger partial charge on any atom is -0.335 e. The molecule has 1 fully saturated rings. The Kier molecular flexibility index (Phi) is 5.26. The highest BCUT2D eigenvalue weighted by Crippen LogP contribution is 2.30. The van der Waals surface area contributed by atoms with Gasteiger partial charge in [-0.2, -0.15) is 5.10 Å². The SMILES string of the molecule is CC(C)[C@H]1CCCC[C@@H]1NC(=O)N(C)Cc1cnn(C)c1. The zero-order valence-corrected chi connectivity index (χ0v) is 13.7. The highest BCUT2D eigenvalue weighted by Gasteiger charge is 2.29. The molecule has 21 heavy (non-hydrogen) atoms. The first-order chi connectivity index (χ1) is 9.97. The van der Waals surface area contributed by atoms with Crippen molar-refractivity contribution in [1.82, 2.24) is 20.0 Å². The molecule has 0 bridgehead atoms. The molecule has 2 rings (SSSR count). The van der Waals surface area contributed by atoms with Crippen molar-refractivity contribution in [2.24, 2.45) is 18.9 Å². The van der Waals surface area contributed by atoms with E-state index in [0.29, 0.717) is 24.4 Å². The predicted molar refractivity (Wildman–Crippen MR) is 83.8 cm³/mol. The minimum absolute atomic E-state index is 0.0244. The Hall–Kier alpha value is -1.52. The molecule has 1 aliphatic rings. The lowest BCUT2D eigenvalue weighted by atomic mass is 9.78. The lowest BCUT2D eigenvalue weighted by Gasteiger charge is -2.35. The van der Waals surface area contributed by atoms with Crippen LogP contribution in [0.25, 0.3) is 0 Å². The molecule has 0 unspecified atom stereocenters. The Bertz CT molecular complexity index is 469. The van der Waals surface area contributed by atoms with Crippen molar-refractivity contribution in [1.29, 1.82) is 0 Å². The Morgan fingerprint density at radius 3 is 2.81 bits per heavy atom. The van der Waals surface area contributed by atoms with Crippen molar-refractivity contribution in [3.8, 4) is 0 Å². The van der Waals surface area contributed by atoms with Gasteiger partial charge in [-0.1, -0.05) is 26.7 Å². The summed E-state index contributed by atoms with van der Waals surface area (Å²) in [4.78, 5) is 14.1. The van der Waals surface area contributed by atoms with Crippen LogP contribution in [0, 0.1) is 11.8 Å². The summed E-state index contributed by atoms with van der Waals surface area (Å²) < 4.78 is 1.76. The van der Waals surface area contributed by atoms with Gasteiger partial charge in [0.05, 0.1) is 12.7 Å². The molecule has 1 N–H and O–H groups in total. The van der Waals surface area contributed by atoms with Gasteiger partial charge in [0.1, 0.15) is 0 Å². The van der Waals surface area contributed by atoms with Gasteiger partial charge in [-0.05, 0) is 24.7 Å². The van der Waals surface area contributed by atoms with Crippen LogP contribution < -0.4 is 5.32 Å². The first kappa shape index (κ1) is 15.9. The molecule has 1 aromatic rings. The third-order valence-electron chi connectivity index (χ3n) is 4.51. The number of rotatable bonds is 4. The van der Waals surface area contributed by atoms with Crippen LogP contribution in [0.4, 0.5) is 4.79 Å². The topological polar surface area (TPSA) is 50.2 Å². The molecule has 0 aromatic carbocycles. The van der Waals surface area contributed by atoms with E-state index in [2.05, 4.69) is 24.3 Å². The molecule has 0 radical (unpaired) electrons. The number of amides is 2. The average molecular weight is 292 g/mol. The fourth-order valence-electron chi connectivity index (χ4n) is 3.30. The maximum absolute atomic E-state index is 12.4. The first-order valence-corrected chi connectivity index (χ1v) is 7.96. The van der Waals surface area contributed by atoms with Gasteiger partial charge in [0.25, 0.3) is 0 Å². The van der Waals surface area contributed by atoms with Gasteiger partial charge in [-0.15, -0.1) is 0 Å². The fourth-order valence-corrected chi connectivity index (χ4v) is 3.30. The molecule has 2 atom stereocenters. The zero-order chi connectivity index (χ0) is 15.4. The molecule has 2 amide bonds. The second-order valence-electron chi connectivity index (χ2n) is 6.63. The van der Waals surface area contributed by atoms with Crippen LogP contribution in [0.1, 0.15) is 45.1 Å². The van der Waals surface area contributed by atoms with Crippen molar-refractivity contribution in [3.05, 3.63) is 18.0 Å². The second kappa shape index (κ2) is 6.96. The van der Waals surface area contributed by atoms with Crippen molar-refractivity contribution in [2.45, 2.75) is 52.1 Å². The summed E-state index contributed by atoms with van der Waals surface area (Å²) >= 11 is 0. The van der Waals surface area contributed by atoms with Crippen molar-refractivity contribution >= 4 is 6.03 Å². The van der Waals surface area contributed by atoms with E-state index < -0.39 is 0 Å². The van der Waals surface area contributed by atoms with E-state index in [-0.39, 0.29) is 6.03 Å². The van der Waals surface area contributed by atoms with Crippen LogP contribution in [-0.4, -0.2) is 33.8 Å². The van der Waals surface area contributed by atoms with Crippen LogP contribution in [0.5, 0.6) is 0 Å². The van der Waals surface area contributed by atoms with Gasteiger partial charge in [-0.25, -0.2) is 4.79 Å². The van der Waals surface area contributed by atoms with Crippen LogP contribution in [0.3, 0.4) is 0 Å². The standard InChI is InChI=1S/C16H28N4O/c1-12(2)14-7-5-6-8-15(14)18-16(21)19(3)10-13-9-17-20(4)11-13/h9,11-12,14-15H,5-8,10H2,1-4H3,(H,18,21)/t14-,15+/m1/s1. The van der Waals surface area contributed by atoms with E-state index in [0.717, 1.165) is 12.0 Å². The molecule has 1 heterocycles. The van der Waals surface area contributed by atoms with E-state index in [1.165, 1.54) is 19.3 Å². The molecule has 1 aliphatic carbocycles. The van der Waals surface area contributed by atoms with Crippen molar-refractivity contribution in [2.75, 3.05) is 7.05 Å². The summed E-state index contributed by atoms with van der Waals surface area (Å²) in [6.45, 7) is 5.11. The van der Waals surface area contributed by atoms with Crippen molar-refractivity contribution in [3.63, 3.8) is 0 Å². The average Bonchev–Trinajstić information content (AvgIpc) is 2.84. The van der Waals surface area contributed by atoms with Gasteiger partial charge in [0.15, 0.2) is 0 Å². The van der Waals surface area contributed by atoms with E-state index >= 15 is 0 Å². The molecule has 0 aliphatic heterocycles.